The molecule has 0 N–H and O–H groups in total. The molecule has 1 unspecified atom stereocenters. The molecule has 0 aliphatic carbocycles. The molecule has 1 aliphatic heterocycles. The van der Waals surface area contributed by atoms with E-state index in [-0.39, 0.29) is 0 Å². The van der Waals surface area contributed by atoms with E-state index in [4.69, 9.17) is 4.98 Å². The number of aromatic nitrogens is 2. The maximum absolute atomic E-state index is 12.5. The van der Waals surface area contributed by atoms with Gasteiger partial charge in [0, 0.05) is 31.1 Å². The zero-order valence-electron chi connectivity index (χ0n) is 19.4. The lowest BCUT2D eigenvalue weighted by Crippen LogP contribution is -2.51. The third kappa shape index (κ3) is 3.78. The van der Waals surface area contributed by atoms with Gasteiger partial charge in [0.25, 0.3) is 0 Å². The predicted molar refractivity (Wildman–Crippen MR) is 125 cm³/mol. The molecule has 1 amide bonds. The number of rotatable bonds is 8. The molecule has 0 radical (unpaired) electrons. The number of amides is 1. The van der Waals surface area contributed by atoms with Crippen LogP contribution in [0.4, 0.5) is 0 Å². The number of nitrogens with zero attached hydrogens (tertiary/aromatic N) is 3. The highest BCUT2D eigenvalue weighted by Crippen LogP contribution is 2.44. The standard InChI is InChI=1S/C24H39N3OSi/c1-8-9-20-14-23(28)26(15-20)16-21-10-12-25-24-22(21)11-13-27(24)29(17(2)3,18(4)5)19(6)7/h10-13,17-20H,8-9,14-16H2,1-7H3. The Labute approximate surface area is 177 Å². The Bertz CT molecular complexity index is 833. The van der Waals surface area contributed by atoms with Crippen molar-refractivity contribution in [2.45, 2.75) is 90.9 Å². The molecule has 3 heterocycles. The van der Waals surface area contributed by atoms with E-state index in [1.165, 1.54) is 10.9 Å². The van der Waals surface area contributed by atoms with Gasteiger partial charge < -0.3 is 9.13 Å². The molecule has 1 atom stereocenters. The van der Waals surface area contributed by atoms with Gasteiger partial charge in [0.15, 0.2) is 8.24 Å². The minimum absolute atomic E-state index is 0.308. The van der Waals surface area contributed by atoms with Crippen molar-refractivity contribution in [1.29, 1.82) is 0 Å². The molecule has 160 valence electrons. The normalized spacial score (nSPS) is 18.2. The first-order chi connectivity index (χ1) is 13.7. The summed E-state index contributed by atoms with van der Waals surface area (Å²) in [6, 6.07) is 4.35. The first kappa shape index (κ1) is 22.1. The van der Waals surface area contributed by atoms with Crippen LogP contribution in [0.1, 0.15) is 73.3 Å². The quantitative estimate of drug-likeness (QED) is 0.483. The van der Waals surface area contributed by atoms with Gasteiger partial charge in [-0.2, -0.15) is 0 Å². The van der Waals surface area contributed by atoms with Crippen LogP contribution in [0.5, 0.6) is 0 Å². The number of hydrogen-bond donors (Lipinski definition) is 0. The number of carbonyl (C=O) groups is 1. The summed E-state index contributed by atoms with van der Waals surface area (Å²) < 4.78 is 2.57. The van der Waals surface area contributed by atoms with Crippen LogP contribution in [0.15, 0.2) is 24.5 Å². The van der Waals surface area contributed by atoms with E-state index in [2.05, 4.69) is 75.9 Å². The molecule has 5 heteroatoms. The summed E-state index contributed by atoms with van der Waals surface area (Å²) >= 11 is 0. The summed E-state index contributed by atoms with van der Waals surface area (Å²) in [5.74, 6) is 0.834. The molecule has 0 saturated carbocycles. The van der Waals surface area contributed by atoms with Crippen molar-refractivity contribution < 1.29 is 4.79 Å². The third-order valence-electron chi connectivity index (χ3n) is 7.22. The zero-order chi connectivity index (χ0) is 21.3. The minimum atomic E-state index is -1.84. The maximum atomic E-state index is 12.5. The Morgan fingerprint density at radius 2 is 1.76 bits per heavy atom. The van der Waals surface area contributed by atoms with Gasteiger partial charge in [-0.15, -0.1) is 0 Å². The summed E-state index contributed by atoms with van der Waals surface area (Å²) in [6.45, 7) is 18.1. The van der Waals surface area contributed by atoms with Crippen LogP contribution in [0.3, 0.4) is 0 Å². The van der Waals surface area contributed by atoms with E-state index in [1.54, 1.807) is 0 Å². The van der Waals surface area contributed by atoms with Gasteiger partial charge in [0.1, 0.15) is 5.65 Å². The van der Waals surface area contributed by atoms with Crippen LogP contribution in [-0.2, 0) is 11.3 Å². The highest BCUT2D eigenvalue weighted by atomic mass is 28.3. The maximum Gasteiger partial charge on any atom is 0.223 e. The largest absolute Gasteiger partial charge is 0.359 e. The Hall–Kier alpha value is -1.62. The highest BCUT2D eigenvalue weighted by Gasteiger charge is 2.46. The fourth-order valence-corrected chi connectivity index (χ4v) is 12.7. The molecule has 3 rings (SSSR count). The van der Waals surface area contributed by atoms with E-state index >= 15 is 0 Å². The van der Waals surface area contributed by atoms with Crippen LogP contribution in [0.25, 0.3) is 11.0 Å². The second kappa shape index (κ2) is 8.63. The number of hydrogen-bond acceptors (Lipinski definition) is 2. The molecular weight excluding hydrogens is 374 g/mol. The Morgan fingerprint density at radius 1 is 1.10 bits per heavy atom. The number of carbonyl (C=O) groups excluding carboxylic acids is 1. The summed E-state index contributed by atoms with van der Waals surface area (Å²) in [5, 5.41) is 1.22. The first-order valence-corrected chi connectivity index (χ1v) is 13.6. The minimum Gasteiger partial charge on any atom is -0.359 e. The van der Waals surface area contributed by atoms with Crippen molar-refractivity contribution in [2.24, 2.45) is 5.92 Å². The molecule has 4 nitrogen and oxygen atoms in total. The number of fused-ring (bicyclic) bond motifs is 1. The second-order valence-corrected chi connectivity index (χ2v) is 15.6. The highest BCUT2D eigenvalue weighted by molar-refractivity contribution is 6.82. The molecule has 2 aromatic heterocycles. The molecule has 0 spiro atoms. The average Bonchev–Trinajstić information content (AvgIpc) is 3.20. The van der Waals surface area contributed by atoms with Crippen molar-refractivity contribution in [3.8, 4) is 0 Å². The topological polar surface area (TPSA) is 38.1 Å². The Kier molecular flexibility index (Phi) is 6.56. The lowest BCUT2D eigenvalue weighted by atomic mass is 10.0. The van der Waals surface area contributed by atoms with E-state index in [9.17, 15) is 4.79 Å². The monoisotopic (exact) mass is 413 g/mol. The average molecular weight is 414 g/mol. The van der Waals surface area contributed by atoms with E-state index in [0.29, 0.717) is 41.4 Å². The van der Waals surface area contributed by atoms with Gasteiger partial charge in [-0.25, -0.2) is 4.98 Å². The smallest absolute Gasteiger partial charge is 0.223 e. The predicted octanol–water partition coefficient (Wildman–Crippen LogP) is 6.21. The number of likely N-dealkylation sites (tertiary alicyclic amines) is 1. The second-order valence-electron chi connectivity index (χ2n) is 9.88. The van der Waals surface area contributed by atoms with Gasteiger partial charge in [0.05, 0.1) is 0 Å². The van der Waals surface area contributed by atoms with Crippen LogP contribution in [-0.4, -0.2) is 34.8 Å². The lowest BCUT2D eigenvalue weighted by molar-refractivity contribution is -0.128. The van der Waals surface area contributed by atoms with Crippen LogP contribution in [0, 0.1) is 5.92 Å². The molecule has 1 saturated heterocycles. The van der Waals surface area contributed by atoms with Gasteiger partial charge in [-0.1, -0.05) is 54.9 Å². The summed E-state index contributed by atoms with van der Waals surface area (Å²) in [7, 11) is -1.84. The van der Waals surface area contributed by atoms with Gasteiger partial charge in [0.2, 0.25) is 5.91 Å². The van der Waals surface area contributed by atoms with Crippen LogP contribution in [0.2, 0.25) is 16.6 Å². The first-order valence-electron chi connectivity index (χ1n) is 11.5. The molecule has 2 aromatic rings. The fraction of sp³-hybridized carbons (Fsp3) is 0.667. The lowest BCUT2D eigenvalue weighted by Gasteiger charge is -2.44. The summed E-state index contributed by atoms with van der Waals surface area (Å²) in [4.78, 5) is 19.5. The molecular formula is C24H39N3OSi. The molecule has 29 heavy (non-hydrogen) atoms. The van der Waals surface area contributed by atoms with Gasteiger partial charge >= 0.3 is 0 Å². The van der Waals surface area contributed by atoms with Crippen molar-refractivity contribution in [2.75, 3.05) is 6.54 Å². The van der Waals surface area contributed by atoms with Crippen molar-refractivity contribution in [3.63, 3.8) is 0 Å². The molecule has 1 aliphatic rings. The van der Waals surface area contributed by atoms with Crippen LogP contribution < -0.4 is 0 Å². The number of pyridine rings is 1. The Morgan fingerprint density at radius 3 is 2.34 bits per heavy atom. The van der Waals surface area contributed by atoms with E-state index in [1.807, 2.05) is 6.20 Å². The van der Waals surface area contributed by atoms with Crippen LogP contribution >= 0.6 is 0 Å². The van der Waals surface area contributed by atoms with E-state index < -0.39 is 8.24 Å². The third-order valence-corrected chi connectivity index (χ3v) is 14.0. The fourth-order valence-electron chi connectivity index (χ4n) is 6.19. The summed E-state index contributed by atoms with van der Waals surface area (Å²) in [5.41, 5.74) is 4.22. The molecule has 0 bridgehead atoms. The summed E-state index contributed by atoms with van der Waals surface area (Å²) in [6.07, 6.45) is 7.25. The van der Waals surface area contributed by atoms with E-state index in [0.717, 1.165) is 25.0 Å². The van der Waals surface area contributed by atoms with Gasteiger partial charge in [-0.3, -0.25) is 4.79 Å². The van der Waals surface area contributed by atoms with Gasteiger partial charge in [-0.05, 0) is 52.9 Å². The van der Waals surface area contributed by atoms with Crippen molar-refractivity contribution in [1.82, 2.24) is 14.1 Å². The molecule has 0 aromatic carbocycles. The SMILES string of the molecule is CCCC1CC(=O)N(Cc2ccnc3c2ccn3[Si](C(C)C)(C(C)C)C(C)C)C1. The van der Waals surface area contributed by atoms with Crippen molar-refractivity contribution in [3.05, 3.63) is 30.1 Å². The van der Waals surface area contributed by atoms with Crippen molar-refractivity contribution >= 4 is 25.2 Å². The zero-order valence-corrected chi connectivity index (χ0v) is 20.4. The Balaban J connectivity index is 2.00. The molecule has 1 fully saturated rings.